The highest BCUT2D eigenvalue weighted by atomic mass is 32.2. The number of rotatable bonds is 15. The number of carbonyl (C=O) groups excluding carboxylic acids is 1. The molecule has 0 saturated heterocycles. The number of sulfone groups is 1. The van der Waals surface area contributed by atoms with E-state index in [2.05, 4.69) is 28.0 Å². The number of carbonyl (C=O) groups is 1. The molecule has 3 aromatic carbocycles. The van der Waals surface area contributed by atoms with E-state index in [1.165, 1.54) is 5.56 Å². The van der Waals surface area contributed by atoms with Crippen molar-refractivity contribution in [2.45, 2.75) is 36.1 Å². The molecule has 0 spiro atoms. The molecule has 0 bridgehead atoms. The molecule has 0 radical (unpaired) electrons. The first-order chi connectivity index (χ1) is 19.4. The first-order valence-corrected chi connectivity index (χ1v) is 15.0. The van der Waals surface area contributed by atoms with Gasteiger partial charge in [-0.25, -0.2) is 18.8 Å². The first kappa shape index (κ1) is 29.3. The highest BCUT2D eigenvalue weighted by Crippen LogP contribution is 2.28. The number of aryl methyl sites for hydroxylation is 1. The minimum Gasteiger partial charge on any atom is -0.494 e. The van der Waals surface area contributed by atoms with E-state index in [0.29, 0.717) is 30.9 Å². The second-order valence-electron chi connectivity index (χ2n) is 9.54. The number of aliphatic hydroxyl groups is 1. The average molecular weight is 566 g/mol. The average Bonchev–Trinajstić information content (AvgIpc) is 3.43. The van der Waals surface area contributed by atoms with Crippen LogP contribution in [-0.2, 0) is 25.8 Å². The molecule has 0 aliphatic carbocycles. The summed E-state index contributed by atoms with van der Waals surface area (Å²) < 4.78 is 37.5. The minimum atomic E-state index is -3.64. The number of hydrogen-bond acceptors (Lipinski definition) is 8. The van der Waals surface area contributed by atoms with E-state index in [4.69, 9.17) is 14.6 Å². The van der Waals surface area contributed by atoms with Gasteiger partial charge in [-0.2, -0.15) is 0 Å². The molecule has 3 aromatic rings. The molecule has 1 aliphatic heterocycles. The van der Waals surface area contributed by atoms with Gasteiger partial charge >= 0.3 is 0 Å². The van der Waals surface area contributed by atoms with Crippen molar-refractivity contribution in [1.82, 2.24) is 10.9 Å². The summed E-state index contributed by atoms with van der Waals surface area (Å²) in [5.74, 6) is 0.178. The summed E-state index contributed by atoms with van der Waals surface area (Å²) in [6, 6.07) is 25.3. The number of amides is 1. The molecule has 10 heteroatoms. The predicted octanol–water partition coefficient (Wildman–Crippen LogP) is 3.08. The standard InChI is InChI=1S/C30H35N3O6S/c34-20-8-21-38-26-16-14-25(15-17-26)28-32-30(23-39-28,18-22-40(36,37)27-12-5-2-6-13-27)29(35)33-31-19-7-11-24-9-3-1-4-10-24/h1-6,9-10,12-17,31,34H,7-8,11,18-23H2,(H,33,35)/t30-/m0/s1. The smallest absolute Gasteiger partial charge is 0.265 e. The summed E-state index contributed by atoms with van der Waals surface area (Å²) >= 11 is 0. The van der Waals surface area contributed by atoms with Crippen LogP contribution in [-0.4, -0.2) is 63.0 Å². The van der Waals surface area contributed by atoms with Gasteiger partial charge in [0.05, 0.1) is 17.3 Å². The summed E-state index contributed by atoms with van der Waals surface area (Å²) in [7, 11) is -3.64. The predicted molar refractivity (Wildman–Crippen MR) is 153 cm³/mol. The maximum absolute atomic E-state index is 13.4. The van der Waals surface area contributed by atoms with Crippen LogP contribution in [0.5, 0.6) is 5.75 Å². The number of hydrogen-bond donors (Lipinski definition) is 3. The summed E-state index contributed by atoms with van der Waals surface area (Å²) in [6.45, 7) is 0.896. The van der Waals surface area contributed by atoms with Crippen LogP contribution in [0.2, 0.25) is 0 Å². The van der Waals surface area contributed by atoms with Crippen molar-refractivity contribution in [3.05, 3.63) is 96.1 Å². The van der Waals surface area contributed by atoms with Gasteiger partial charge in [-0.15, -0.1) is 0 Å². The number of aliphatic hydroxyl groups excluding tert-OH is 1. The van der Waals surface area contributed by atoms with Crippen LogP contribution in [0.4, 0.5) is 0 Å². The summed E-state index contributed by atoms with van der Waals surface area (Å²) in [5.41, 5.74) is 6.13. The fourth-order valence-electron chi connectivity index (χ4n) is 4.23. The van der Waals surface area contributed by atoms with Crippen LogP contribution in [0.1, 0.15) is 30.4 Å². The van der Waals surface area contributed by atoms with Gasteiger partial charge in [-0.3, -0.25) is 10.2 Å². The summed E-state index contributed by atoms with van der Waals surface area (Å²) in [5, 5.41) is 8.93. The molecule has 1 aliphatic rings. The lowest BCUT2D eigenvalue weighted by molar-refractivity contribution is -0.127. The van der Waals surface area contributed by atoms with Gasteiger partial charge in [0.25, 0.3) is 5.91 Å². The van der Waals surface area contributed by atoms with Crippen LogP contribution < -0.4 is 15.6 Å². The van der Waals surface area contributed by atoms with Crippen LogP contribution in [0.15, 0.2) is 94.8 Å². The van der Waals surface area contributed by atoms with Crippen molar-refractivity contribution in [2.75, 3.05) is 32.1 Å². The Morgan fingerprint density at radius 3 is 2.38 bits per heavy atom. The van der Waals surface area contributed by atoms with Crippen molar-refractivity contribution in [3.8, 4) is 5.75 Å². The molecule has 1 atom stereocenters. The van der Waals surface area contributed by atoms with Crippen LogP contribution in [0, 0.1) is 0 Å². The zero-order valence-electron chi connectivity index (χ0n) is 22.3. The van der Waals surface area contributed by atoms with E-state index in [0.717, 1.165) is 12.8 Å². The third-order valence-corrected chi connectivity index (χ3v) is 8.29. The van der Waals surface area contributed by atoms with E-state index >= 15 is 0 Å². The SMILES string of the molecule is O=C(NNCCCc1ccccc1)[C@]1(CCS(=O)(=O)c2ccccc2)COC(c2ccc(OCCCO)cc2)=N1. The molecule has 0 saturated carbocycles. The number of aliphatic imine (C=N–C) groups is 1. The Kier molecular flexibility index (Phi) is 10.3. The minimum absolute atomic E-state index is 0.0480. The number of benzene rings is 3. The Morgan fingerprint density at radius 2 is 1.68 bits per heavy atom. The highest BCUT2D eigenvalue weighted by molar-refractivity contribution is 7.91. The first-order valence-electron chi connectivity index (χ1n) is 13.3. The lowest BCUT2D eigenvalue weighted by Crippen LogP contribution is -2.52. The van der Waals surface area contributed by atoms with Crippen LogP contribution >= 0.6 is 0 Å². The fourth-order valence-corrected chi connectivity index (χ4v) is 5.65. The molecule has 0 unspecified atom stereocenters. The highest BCUT2D eigenvalue weighted by Gasteiger charge is 2.45. The molecule has 9 nitrogen and oxygen atoms in total. The lowest BCUT2D eigenvalue weighted by atomic mass is 9.98. The van der Waals surface area contributed by atoms with Gasteiger partial charge in [-0.05, 0) is 61.2 Å². The molecule has 0 fully saturated rings. The molecule has 40 heavy (non-hydrogen) atoms. The number of nitrogens with zero attached hydrogens (tertiary/aromatic N) is 1. The third kappa shape index (κ3) is 7.91. The molecule has 0 aromatic heterocycles. The molecule has 3 N–H and O–H groups in total. The number of ether oxygens (including phenoxy) is 2. The maximum atomic E-state index is 13.4. The Balaban J connectivity index is 1.45. The molecular formula is C30H35N3O6S. The van der Waals surface area contributed by atoms with E-state index < -0.39 is 21.3 Å². The largest absolute Gasteiger partial charge is 0.494 e. The van der Waals surface area contributed by atoms with Crippen LogP contribution in [0.25, 0.3) is 0 Å². The van der Waals surface area contributed by atoms with Gasteiger partial charge in [0.15, 0.2) is 15.4 Å². The van der Waals surface area contributed by atoms with E-state index in [-0.39, 0.29) is 36.2 Å². The monoisotopic (exact) mass is 565 g/mol. The van der Waals surface area contributed by atoms with Gasteiger partial charge in [-0.1, -0.05) is 48.5 Å². The van der Waals surface area contributed by atoms with Crippen LogP contribution in [0.3, 0.4) is 0 Å². The quantitative estimate of drug-likeness (QED) is 0.191. The Bertz CT molecular complexity index is 1370. The zero-order chi connectivity index (χ0) is 28.3. The molecular weight excluding hydrogens is 530 g/mol. The van der Waals surface area contributed by atoms with Crippen molar-refractivity contribution in [1.29, 1.82) is 0 Å². The van der Waals surface area contributed by atoms with Crippen molar-refractivity contribution < 1.29 is 27.8 Å². The second kappa shape index (κ2) is 14.1. The molecule has 4 rings (SSSR count). The van der Waals surface area contributed by atoms with Crippen molar-refractivity contribution >= 4 is 21.6 Å². The van der Waals surface area contributed by atoms with Crippen molar-refractivity contribution in [3.63, 3.8) is 0 Å². The summed E-state index contributed by atoms with van der Waals surface area (Å²) in [6.07, 6.45) is 2.14. The molecule has 1 amide bonds. The van der Waals surface area contributed by atoms with Crippen molar-refractivity contribution in [2.24, 2.45) is 4.99 Å². The third-order valence-electron chi connectivity index (χ3n) is 6.56. The van der Waals surface area contributed by atoms with E-state index in [1.807, 2.05) is 18.2 Å². The number of hydrazine groups is 1. The number of nitrogens with one attached hydrogen (secondary N) is 2. The Hall–Kier alpha value is -3.73. The van der Waals surface area contributed by atoms with Gasteiger partial charge in [0, 0.05) is 25.1 Å². The lowest BCUT2D eigenvalue weighted by Gasteiger charge is -2.23. The normalized spacial score (nSPS) is 16.7. The van der Waals surface area contributed by atoms with Gasteiger partial charge in [0.1, 0.15) is 12.4 Å². The van der Waals surface area contributed by atoms with Gasteiger partial charge < -0.3 is 14.6 Å². The second-order valence-corrected chi connectivity index (χ2v) is 11.6. The summed E-state index contributed by atoms with van der Waals surface area (Å²) in [4.78, 5) is 18.3. The van der Waals surface area contributed by atoms with Gasteiger partial charge in [0.2, 0.25) is 5.90 Å². The van der Waals surface area contributed by atoms with E-state index in [1.54, 1.807) is 54.6 Å². The Labute approximate surface area is 235 Å². The topological polar surface area (TPSA) is 126 Å². The molecule has 1 heterocycles. The maximum Gasteiger partial charge on any atom is 0.265 e. The Morgan fingerprint density at radius 1 is 0.975 bits per heavy atom. The zero-order valence-corrected chi connectivity index (χ0v) is 23.1. The fraction of sp³-hybridized carbons (Fsp3) is 0.333. The molecule has 212 valence electrons. The van der Waals surface area contributed by atoms with E-state index in [9.17, 15) is 13.2 Å².